The molecule has 0 aliphatic carbocycles. The summed E-state index contributed by atoms with van der Waals surface area (Å²) in [6.45, 7) is 6.15. The largest absolute Gasteiger partial charge is 0.495 e. The molecule has 1 aliphatic heterocycles. The molecule has 0 radical (unpaired) electrons. The number of anilines is 1. The van der Waals surface area contributed by atoms with E-state index in [-0.39, 0.29) is 6.04 Å². The van der Waals surface area contributed by atoms with Crippen LogP contribution >= 0.6 is 15.9 Å². The fraction of sp³-hybridized carbons (Fsp3) is 0.429. The predicted molar refractivity (Wildman–Crippen MR) is 112 cm³/mol. The first-order valence-electron chi connectivity index (χ1n) is 9.12. The number of nitrogens with zero attached hydrogens (tertiary/aromatic N) is 2. The van der Waals surface area contributed by atoms with E-state index in [0.717, 1.165) is 47.9 Å². The number of hydrogen-bond acceptors (Lipinski definition) is 5. The normalized spacial score (nSPS) is 16.1. The molecule has 2 aromatic rings. The Morgan fingerprint density at radius 1 is 0.852 bits per heavy atom. The Hall–Kier alpha value is -1.92. The van der Waals surface area contributed by atoms with Gasteiger partial charge in [0, 0.05) is 36.7 Å². The van der Waals surface area contributed by atoms with Crippen LogP contribution in [0.15, 0.2) is 40.9 Å². The molecular weight excluding hydrogens is 408 g/mol. The van der Waals surface area contributed by atoms with Gasteiger partial charge in [-0.3, -0.25) is 4.90 Å². The van der Waals surface area contributed by atoms with Crippen LogP contribution in [0, 0.1) is 0 Å². The summed E-state index contributed by atoms with van der Waals surface area (Å²) >= 11 is 3.70. The number of hydrogen-bond donors (Lipinski definition) is 0. The molecule has 1 aliphatic rings. The van der Waals surface area contributed by atoms with E-state index in [0.29, 0.717) is 0 Å². The highest BCUT2D eigenvalue weighted by Crippen LogP contribution is 2.38. The summed E-state index contributed by atoms with van der Waals surface area (Å²) in [5.74, 6) is 2.43. The minimum absolute atomic E-state index is 0.277. The van der Waals surface area contributed by atoms with Crippen molar-refractivity contribution < 1.29 is 14.2 Å². The second-order valence-corrected chi connectivity index (χ2v) is 7.45. The van der Waals surface area contributed by atoms with E-state index < -0.39 is 0 Å². The fourth-order valence-electron chi connectivity index (χ4n) is 3.63. The Kier molecular flexibility index (Phi) is 6.50. The van der Waals surface area contributed by atoms with E-state index in [9.17, 15) is 0 Å². The molecule has 1 saturated heterocycles. The lowest BCUT2D eigenvalue weighted by Crippen LogP contribution is -2.47. The fourth-order valence-corrected chi connectivity index (χ4v) is 4.28. The van der Waals surface area contributed by atoms with Gasteiger partial charge in [0.1, 0.15) is 5.75 Å². The molecule has 146 valence electrons. The maximum atomic E-state index is 5.52. The van der Waals surface area contributed by atoms with E-state index in [1.165, 1.54) is 11.3 Å². The summed E-state index contributed by atoms with van der Waals surface area (Å²) < 4.78 is 17.4. The third kappa shape index (κ3) is 4.17. The molecule has 1 fully saturated rings. The number of para-hydroxylation sites is 2. The van der Waals surface area contributed by atoms with Gasteiger partial charge in [0.2, 0.25) is 0 Å². The minimum Gasteiger partial charge on any atom is -0.495 e. The van der Waals surface area contributed by atoms with E-state index in [2.05, 4.69) is 50.9 Å². The zero-order chi connectivity index (χ0) is 19.4. The van der Waals surface area contributed by atoms with Crippen LogP contribution in [0.2, 0.25) is 0 Å². The molecule has 6 heteroatoms. The zero-order valence-corrected chi connectivity index (χ0v) is 18.0. The van der Waals surface area contributed by atoms with Gasteiger partial charge in [-0.2, -0.15) is 0 Å². The van der Waals surface area contributed by atoms with Gasteiger partial charge in [-0.05, 0) is 36.8 Å². The van der Waals surface area contributed by atoms with Gasteiger partial charge in [-0.15, -0.1) is 0 Å². The van der Waals surface area contributed by atoms with E-state index in [1.54, 1.807) is 21.3 Å². The lowest BCUT2D eigenvalue weighted by Gasteiger charge is -2.40. The van der Waals surface area contributed by atoms with Crippen LogP contribution in [0.4, 0.5) is 5.69 Å². The third-order valence-electron chi connectivity index (χ3n) is 5.24. The number of methoxy groups -OCH3 is 3. The molecule has 27 heavy (non-hydrogen) atoms. The minimum atomic E-state index is 0.277. The zero-order valence-electron chi connectivity index (χ0n) is 16.4. The molecule has 1 unspecified atom stereocenters. The van der Waals surface area contributed by atoms with Gasteiger partial charge < -0.3 is 19.1 Å². The van der Waals surface area contributed by atoms with Crippen LogP contribution < -0.4 is 19.1 Å². The van der Waals surface area contributed by atoms with Crippen molar-refractivity contribution in [1.82, 2.24) is 4.90 Å². The van der Waals surface area contributed by atoms with Gasteiger partial charge in [0.25, 0.3) is 0 Å². The third-order valence-corrected chi connectivity index (χ3v) is 5.93. The topological polar surface area (TPSA) is 34.2 Å². The maximum Gasteiger partial charge on any atom is 0.161 e. The van der Waals surface area contributed by atoms with Gasteiger partial charge in [0.15, 0.2) is 11.5 Å². The highest BCUT2D eigenvalue weighted by molar-refractivity contribution is 9.10. The highest BCUT2D eigenvalue weighted by Gasteiger charge is 2.25. The van der Waals surface area contributed by atoms with Gasteiger partial charge in [-0.25, -0.2) is 0 Å². The molecule has 5 nitrogen and oxygen atoms in total. The molecule has 0 saturated carbocycles. The molecule has 0 bridgehead atoms. The summed E-state index contributed by atoms with van der Waals surface area (Å²) in [6, 6.07) is 12.5. The number of benzene rings is 2. The van der Waals surface area contributed by atoms with Crippen molar-refractivity contribution in [2.24, 2.45) is 0 Å². The molecule has 0 N–H and O–H groups in total. The van der Waals surface area contributed by atoms with E-state index in [1.807, 2.05) is 18.2 Å². The van der Waals surface area contributed by atoms with Crippen molar-refractivity contribution in [3.63, 3.8) is 0 Å². The first kappa shape index (κ1) is 19.8. The number of halogens is 1. The Balaban J connectivity index is 1.73. The molecule has 1 heterocycles. The summed E-state index contributed by atoms with van der Waals surface area (Å²) in [5, 5.41) is 0. The monoisotopic (exact) mass is 434 g/mol. The van der Waals surface area contributed by atoms with Crippen molar-refractivity contribution >= 4 is 21.6 Å². The average molecular weight is 435 g/mol. The van der Waals surface area contributed by atoms with Crippen LogP contribution in [0.25, 0.3) is 0 Å². The smallest absolute Gasteiger partial charge is 0.161 e. The first-order chi connectivity index (χ1) is 13.1. The molecule has 1 atom stereocenters. The van der Waals surface area contributed by atoms with E-state index in [4.69, 9.17) is 14.2 Å². The van der Waals surface area contributed by atoms with Gasteiger partial charge in [-0.1, -0.05) is 28.1 Å². The van der Waals surface area contributed by atoms with Gasteiger partial charge >= 0.3 is 0 Å². The summed E-state index contributed by atoms with van der Waals surface area (Å²) in [6.07, 6.45) is 0. The van der Waals surface area contributed by atoms with Gasteiger partial charge in [0.05, 0.1) is 27.0 Å². The summed E-state index contributed by atoms with van der Waals surface area (Å²) in [5.41, 5.74) is 2.37. The number of rotatable bonds is 6. The Morgan fingerprint density at radius 3 is 2.07 bits per heavy atom. The van der Waals surface area contributed by atoms with Crippen LogP contribution in [-0.2, 0) is 0 Å². The number of piperazine rings is 1. The molecule has 0 aromatic heterocycles. The predicted octanol–water partition coefficient (Wildman–Crippen LogP) is 4.36. The van der Waals surface area contributed by atoms with Crippen molar-refractivity contribution in [3.05, 3.63) is 46.4 Å². The maximum absolute atomic E-state index is 5.52. The Bertz CT molecular complexity index is 776. The second kappa shape index (κ2) is 8.85. The van der Waals surface area contributed by atoms with Crippen molar-refractivity contribution in [3.8, 4) is 17.2 Å². The lowest BCUT2D eigenvalue weighted by atomic mass is 10.0. The average Bonchev–Trinajstić information content (AvgIpc) is 2.73. The van der Waals surface area contributed by atoms with Crippen LogP contribution in [-0.4, -0.2) is 52.4 Å². The number of ether oxygens (including phenoxy) is 3. The van der Waals surface area contributed by atoms with Crippen molar-refractivity contribution in [1.29, 1.82) is 0 Å². The summed E-state index contributed by atoms with van der Waals surface area (Å²) in [7, 11) is 5.06. The molecule has 0 spiro atoms. The Labute approximate surface area is 169 Å². The molecule has 2 aromatic carbocycles. The SMILES string of the molecule is COc1cc(Br)c(C(C)N2CCN(c3ccccc3OC)CC2)cc1OC. The summed E-state index contributed by atoms with van der Waals surface area (Å²) in [4.78, 5) is 4.89. The molecular formula is C21H27BrN2O3. The van der Waals surface area contributed by atoms with Crippen LogP contribution in [0.1, 0.15) is 18.5 Å². The molecule has 3 rings (SSSR count). The van der Waals surface area contributed by atoms with Crippen molar-refractivity contribution in [2.75, 3.05) is 52.4 Å². The standard InChI is InChI=1S/C21H27BrN2O3/c1-15(16-13-20(26-3)21(27-4)14-17(16)22)23-9-11-24(12-10-23)18-7-5-6-8-19(18)25-2/h5-8,13-15H,9-12H2,1-4H3. The first-order valence-corrected chi connectivity index (χ1v) is 9.91. The Morgan fingerprint density at radius 2 is 1.44 bits per heavy atom. The highest BCUT2D eigenvalue weighted by atomic mass is 79.9. The van der Waals surface area contributed by atoms with Crippen LogP contribution in [0.3, 0.4) is 0 Å². The molecule has 0 amide bonds. The quantitative estimate of drug-likeness (QED) is 0.674. The van der Waals surface area contributed by atoms with E-state index >= 15 is 0 Å². The van der Waals surface area contributed by atoms with Crippen LogP contribution in [0.5, 0.6) is 17.2 Å². The lowest BCUT2D eigenvalue weighted by molar-refractivity contribution is 0.197. The van der Waals surface area contributed by atoms with Crippen molar-refractivity contribution in [2.45, 2.75) is 13.0 Å². The second-order valence-electron chi connectivity index (χ2n) is 6.60.